The highest BCUT2D eigenvalue weighted by atomic mass is 32.2. The van der Waals surface area contributed by atoms with Crippen molar-refractivity contribution in [2.45, 2.75) is 68.6 Å². The Balaban J connectivity index is 1.65. The minimum atomic E-state index is -4.73. The molecule has 0 saturated carbocycles. The average molecular weight is 676 g/mol. The summed E-state index contributed by atoms with van der Waals surface area (Å²) in [5.74, 6) is -3.26. The predicted molar refractivity (Wildman–Crippen MR) is 159 cm³/mol. The van der Waals surface area contributed by atoms with Gasteiger partial charge in [0.15, 0.2) is 0 Å². The second-order valence-electron chi connectivity index (χ2n) is 11.4. The Morgan fingerprint density at radius 1 is 1.09 bits per heavy atom. The lowest BCUT2D eigenvalue weighted by molar-refractivity contribution is -0.130. The van der Waals surface area contributed by atoms with Crippen LogP contribution in [-0.2, 0) is 26.0 Å². The van der Waals surface area contributed by atoms with Crippen molar-refractivity contribution in [3.8, 4) is 5.75 Å². The number of sulfonamides is 1. The van der Waals surface area contributed by atoms with Crippen molar-refractivity contribution in [1.29, 1.82) is 0 Å². The van der Waals surface area contributed by atoms with Crippen LogP contribution in [0.15, 0.2) is 48.6 Å². The van der Waals surface area contributed by atoms with Crippen LogP contribution in [0.2, 0.25) is 0 Å². The molecule has 5 atom stereocenters. The highest BCUT2D eigenvalue weighted by Crippen LogP contribution is 2.42. The van der Waals surface area contributed by atoms with Crippen LogP contribution in [0, 0.1) is 11.6 Å². The lowest BCUT2D eigenvalue weighted by Crippen LogP contribution is -2.55. The number of halogens is 5. The van der Waals surface area contributed by atoms with Crippen molar-refractivity contribution < 1.29 is 49.7 Å². The summed E-state index contributed by atoms with van der Waals surface area (Å²) in [6.07, 6.45) is -4.20. The maximum atomic E-state index is 14.0. The fraction of sp³-hybridized carbons (Fsp3) is 0.516. The highest BCUT2D eigenvalue weighted by molar-refractivity contribution is 7.89. The Morgan fingerprint density at radius 3 is 2.48 bits per heavy atom. The third kappa shape index (κ3) is 9.47. The van der Waals surface area contributed by atoms with Gasteiger partial charge in [-0.3, -0.25) is 4.79 Å². The zero-order chi connectivity index (χ0) is 33.6. The van der Waals surface area contributed by atoms with E-state index in [2.05, 4.69) is 10.6 Å². The summed E-state index contributed by atoms with van der Waals surface area (Å²) < 4.78 is 105. The highest BCUT2D eigenvalue weighted by Gasteiger charge is 2.38. The van der Waals surface area contributed by atoms with Gasteiger partial charge in [-0.2, -0.15) is 17.5 Å². The summed E-state index contributed by atoms with van der Waals surface area (Å²) in [6, 6.07) is 5.44. The molecule has 0 fully saturated rings. The Bertz CT molecular complexity index is 1490. The van der Waals surface area contributed by atoms with E-state index in [-0.39, 0.29) is 50.1 Å². The van der Waals surface area contributed by atoms with Crippen molar-refractivity contribution in [2.24, 2.45) is 0 Å². The van der Waals surface area contributed by atoms with Crippen LogP contribution in [0.3, 0.4) is 0 Å². The fourth-order valence-electron chi connectivity index (χ4n) is 5.72. The number of hydrogen-bond acceptors (Lipinski definition) is 7. The first kappa shape index (κ1) is 35.7. The Labute approximate surface area is 264 Å². The standard InChI is InChI=1S/C31H38F5N3O6S/c1-39(46(42,43)11-9-31(34,35)36)27-6-4-3-5-10-45-29-17-25(24-16-22(44-2)7-8-23(24)29)37-18-28(40)26(38-30(27)41)14-19-12-20(32)15-21(33)13-19/h3,5,7-8,12-13,15-16,25-29,37,40H,4,6,9-11,14,17-18H2,1-2H3,(H,38,41)/t25-,26-,27-,28+,29+/m0/s1. The first-order valence-corrected chi connectivity index (χ1v) is 16.4. The Morgan fingerprint density at radius 2 is 1.80 bits per heavy atom. The van der Waals surface area contributed by atoms with Gasteiger partial charge in [-0.25, -0.2) is 17.2 Å². The summed E-state index contributed by atoms with van der Waals surface area (Å²) >= 11 is 0. The number of allylic oxidation sites excluding steroid dienone is 1. The van der Waals surface area contributed by atoms with Crippen LogP contribution in [0.5, 0.6) is 5.75 Å². The minimum absolute atomic E-state index is 0.0962. The van der Waals surface area contributed by atoms with E-state index in [4.69, 9.17) is 9.47 Å². The molecule has 46 heavy (non-hydrogen) atoms. The largest absolute Gasteiger partial charge is 0.497 e. The number of carbonyl (C=O) groups is 1. The van der Waals surface area contributed by atoms with E-state index in [1.807, 2.05) is 18.2 Å². The fourth-order valence-corrected chi connectivity index (χ4v) is 7.08. The number of hydrogen-bond donors (Lipinski definition) is 3. The van der Waals surface area contributed by atoms with E-state index in [1.165, 1.54) is 7.11 Å². The molecule has 2 aromatic rings. The summed E-state index contributed by atoms with van der Waals surface area (Å²) in [5.41, 5.74) is 1.94. The van der Waals surface area contributed by atoms with Crippen LogP contribution in [-0.4, -0.2) is 81.2 Å². The first-order chi connectivity index (χ1) is 21.7. The second kappa shape index (κ2) is 15.2. The molecule has 1 aliphatic carbocycles. The molecule has 1 amide bonds. The predicted octanol–water partition coefficient (Wildman–Crippen LogP) is 4.09. The van der Waals surface area contributed by atoms with Gasteiger partial charge in [-0.05, 0) is 66.6 Å². The molecule has 0 unspecified atom stereocenters. The van der Waals surface area contributed by atoms with E-state index < -0.39 is 64.1 Å². The number of methoxy groups -OCH3 is 1. The van der Waals surface area contributed by atoms with E-state index in [0.717, 1.165) is 30.3 Å². The van der Waals surface area contributed by atoms with Gasteiger partial charge in [0.05, 0.1) is 44.1 Å². The molecule has 1 aliphatic heterocycles. The molecule has 0 spiro atoms. The molecule has 9 nitrogen and oxygen atoms in total. The van der Waals surface area contributed by atoms with Gasteiger partial charge in [0.2, 0.25) is 15.9 Å². The van der Waals surface area contributed by atoms with Gasteiger partial charge in [-0.15, -0.1) is 0 Å². The molecule has 2 aromatic carbocycles. The SMILES string of the molecule is COc1ccc2c(c1)[C@@H]1C[C@H]2OCC=CCC[C@H](N(C)S(=O)(=O)CCC(F)(F)F)C(=O)N[C@@H](Cc2cc(F)cc(F)c2)[C@H](O)CN1. The summed E-state index contributed by atoms with van der Waals surface area (Å²) in [6.45, 7) is 0.107. The van der Waals surface area contributed by atoms with Gasteiger partial charge in [-0.1, -0.05) is 18.2 Å². The molecule has 4 rings (SSSR count). The lowest BCUT2D eigenvalue weighted by atomic mass is 9.99. The normalized spacial score (nSPS) is 24.9. The van der Waals surface area contributed by atoms with Gasteiger partial charge >= 0.3 is 6.18 Å². The van der Waals surface area contributed by atoms with Crippen molar-refractivity contribution in [1.82, 2.24) is 14.9 Å². The first-order valence-electron chi connectivity index (χ1n) is 14.8. The number of aliphatic hydroxyl groups is 1. The van der Waals surface area contributed by atoms with Crippen LogP contribution in [0.25, 0.3) is 0 Å². The van der Waals surface area contributed by atoms with E-state index in [9.17, 15) is 40.3 Å². The molecule has 254 valence electrons. The number of aliphatic hydroxyl groups excluding tert-OH is 1. The summed E-state index contributed by atoms with van der Waals surface area (Å²) in [5, 5.41) is 17.2. The molecular weight excluding hydrogens is 637 g/mol. The van der Waals surface area contributed by atoms with E-state index in [0.29, 0.717) is 22.5 Å². The van der Waals surface area contributed by atoms with Gasteiger partial charge in [0.25, 0.3) is 0 Å². The minimum Gasteiger partial charge on any atom is -0.497 e. The molecule has 1 heterocycles. The molecule has 0 aromatic heterocycles. The number of nitrogens with zero attached hydrogens (tertiary/aromatic N) is 1. The quantitative estimate of drug-likeness (QED) is 0.299. The topological polar surface area (TPSA) is 117 Å². The number of amides is 1. The maximum absolute atomic E-state index is 14.0. The number of alkyl halides is 3. The van der Waals surface area contributed by atoms with Crippen LogP contribution in [0.1, 0.15) is 54.5 Å². The monoisotopic (exact) mass is 675 g/mol. The molecular formula is C31H38F5N3O6S. The number of carbonyl (C=O) groups excluding carboxylic acids is 1. The van der Waals surface area contributed by atoms with Crippen molar-refractivity contribution in [3.63, 3.8) is 0 Å². The zero-order valence-electron chi connectivity index (χ0n) is 25.4. The number of fused-ring (bicyclic) bond motifs is 5. The molecule has 0 saturated heterocycles. The number of rotatable bonds is 7. The third-order valence-corrected chi connectivity index (χ3v) is 10.1. The molecule has 0 radical (unpaired) electrons. The molecule has 2 bridgehead atoms. The number of likely N-dealkylation sites (N-methyl/N-ethyl adjacent to an activating group) is 1. The number of nitrogens with one attached hydrogen (secondary N) is 2. The number of benzene rings is 2. The van der Waals surface area contributed by atoms with Crippen LogP contribution in [0.4, 0.5) is 22.0 Å². The zero-order valence-corrected chi connectivity index (χ0v) is 26.2. The summed E-state index contributed by atoms with van der Waals surface area (Å²) in [7, 11) is -1.97. The van der Waals surface area contributed by atoms with Crippen molar-refractivity contribution in [2.75, 3.05) is 33.1 Å². The van der Waals surface area contributed by atoms with Gasteiger partial charge < -0.3 is 25.2 Å². The van der Waals surface area contributed by atoms with E-state index >= 15 is 0 Å². The van der Waals surface area contributed by atoms with Crippen LogP contribution >= 0.6 is 0 Å². The molecule has 15 heteroatoms. The second-order valence-corrected chi connectivity index (χ2v) is 13.6. The Hall–Kier alpha value is -3.11. The number of β-amino-alcohol motifs (C(OH)–C–C–N with tert-alkyl or cyclic N) is 1. The maximum Gasteiger partial charge on any atom is 0.390 e. The number of ether oxygens (including phenoxy) is 2. The third-order valence-electron chi connectivity index (χ3n) is 8.20. The van der Waals surface area contributed by atoms with Gasteiger partial charge in [0.1, 0.15) is 23.4 Å². The summed E-state index contributed by atoms with van der Waals surface area (Å²) in [4.78, 5) is 13.7. The van der Waals surface area contributed by atoms with Gasteiger partial charge in [0, 0.05) is 25.7 Å². The smallest absolute Gasteiger partial charge is 0.390 e. The average Bonchev–Trinajstić information content (AvgIpc) is 3.33. The van der Waals surface area contributed by atoms with Crippen molar-refractivity contribution >= 4 is 15.9 Å². The molecule has 3 N–H and O–H groups in total. The van der Waals surface area contributed by atoms with E-state index in [1.54, 1.807) is 12.2 Å². The molecule has 2 aliphatic rings. The lowest BCUT2D eigenvalue weighted by Gasteiger charge is -2.31. The Kier molecular flexibility index (Phi) is 11.8. The van der Waals surface area contributed by atoms with Crippen molar-refractivity contribution in [3.05, 3.63) is 76.9 Å². The van der Waals surface area contributed by atoms with Crippen LogP contribution < -0.4 is 15.4 Å².